The third-order valence-electron chi connectivity index (χ3n) is 5.24. The van der Waals surface area contributed by atoms with E-state index in [4.69, 9.17) is 4.74 Å². The summed E-state index contributed by atoms with van der Waals surface area (Å²) < 4.78 is 20.3. The maximum atomic E-state index is 13.2. The molecular formula is C24H19FN4O3. The molecule has 0 saturated heterocycles. The molecule has 0 spiro atoms. The van der Waals surface area contributed by atoms with E-state index in [9.17, 15) is 14.0 Å². The van der Waals surface area contributed by atoms with Gasteiger partial charge >= 0.3 is 6.01 Å². The zero-order valence-corrected chi connectivity index (χ0v) is 17.2. The molecule has 4 aromatic rings. The van der Waals surface area contributed by atoms with E-state index in [1.54, 1.807) is 37.3 Å². The molecule has 0 aliphatic heterocycles. The number of hydrogen-bond acceptors (Lipinski definition) is 5. The molecule has 1 saturated carbocycles. The summed E-state index contributed by atoms with van der Waals surface area (Å²) in [6.45, 7) is 1.79. The van der Waals surface area contributed by atoms with Crippen LogP contribution < -0.4 is 15.6 Å². The average Bonchev–Trinajstić information content (AvgIpc) is 3.59. The number of aryl methyl sites for hydroxylation is 1. The predicted molar refractivity (Wildman–Crippen MR) is 117 cm³/mol. The second kappa shape index (κ2) is 7.88. The van der Waals surface area contributed by atoms with Crippen LogP contribution in [-0.2, 0) is 0 Å². The second-order valence-electron chi connectivity index (χ2n) is 7.69. The first kappa shape index (κ1) is 19.9. The Morgan fingerprint density at radius 3 is 2.44 bits per heavy atom. The minimum atomic E-state index is -0.379. The molecule has 0 radical (unpaired) electrons. The summed E-state index contributed by atoms with van der Waals surface area (Å²) in [6.07, 6.45) is 2.02. The van der Waals surface area contributed by atoms with E-state index in [0.29, 0.717) is 33.7 Å². The van der Waals surface area contributed by atoms with Crippen LogP contribution in [0.25, 0.3) is 16.7 Å². The Bertz CT molecular complexity index is 1380. The van der Waals surface area contributed by atoms with Crippen LogP contribution in [0.4, 0.5) is 4.39 Å². The van der Waals surface area contributed by atoms with E-state index in [1.165, 1.54) is 34.9 Å². The number of carbonyl (C=O) groups is 1. The molecule has 160 valence electrons. The molecule has 1 aliphatic rings. The van der Waals surface area contributed by atoms with Gasteiger partial charge in [0.2, 0.25) is 0 Å². The number of benzene rings is 2. The molecule has 1 N–H and O–H groups in total. The molecule has 1 aliphatic carbocycles. The van der Waals surface area contributed by atoms with Crippen molar-refractivity contribution in [1.29, 1.82) is 0 Å². The highest BCUT2D eigenvalue weighted by molar-refractivity contribution is 5.94. The molecule has 32 heavy (non-hydrogen) atoms. The minimum Gasteiger partial charge on any atom is -0.424 e. The van der Waals surface area contributed by atoms with E-state index in [-0.39, 0.29) is 29.3 Å². The van der Waals surface area contributed by atoms with Gasteiger partial charge in [-0.2, -0.15) is 9.97 Å². The first-order chi connectivity index (χ1) is 15.5. The minimum absolute atomic E-state index is 0.0430. The summed E-state index contributed by atoms with van der Waals surface area (Å²) in [5.41, 5.74) is 1.81. The van der Waals surface area contributed by atoms with E-state index < -0.39 is 0 Å². The normalized spacial score (nSPS) is 13.2. The first-order valence-corrected chi connectivity index (χ1v) is 10.2. The summed E-state index contributed by atoms with van der Waals surface area (Å²) in [5.74, 6) is -0.130. The van der Waals surface area contributed by atoms with Gasteiger partial charge in [-0.05, 0) is 74.4 Å². The topological polar surface area (TPSA) is 86.1 Å². The Labute approximate surface area is 182 Å². The maximum absolute atomic E-state index is 13.2. The zero-order valence-electron chi connectivity index (χ0n) is 17.2. The zero-order chi connectivity index (χ0) is 22.2. The summed E-state index contributed by atoms with van der Waals surface area (Å²) >= 11 is 0. The van der Waals surface area contributed by atoms with Crippen LogP contribution >= 0.6 is 0 Å². The van der Waals surface area contributed by atoms with Crippen LogP contribution in [0.15, 0.2) is 65.5 Å². The highest BCUT2D eigenvalue weighted by Gasteiger charge is 2.23. The quantitative estimate of drug-likeness (QED) is 0.519. The fraction of sp³-hybridized carbons (Fsp3) is 0.167. The number of aromatic nitrogens is 3. The lowest BCUT2D eigenvalue weighted by molar-refractivity contribution is 0.0951. The molecule has 8 heteroatoms. The summed E-state index contributed by atoms with van der Waals surface area (Å²) in [7, 11) is 0. The fourth-order valence-electron chi connectivity index (χ4n) is 3.40. The number of rotatable bonds is 5. The molecule has 5 rings (SSSR count). The van der Waals surface area contributed by atoms with Crippen LogP contribution in [0.2, 0.25) is 0 Å². The Kier molecular flexibility index (Phi) is 4.89. The SMILES string of the molecule is Cc1nc(Oc2ccc(F)cc2)nc2c1ccc(=O)n2-c1ccc(C(=O)NC2CC2)cc1. The van der Waals surface area contributed by atoms with Crippen molar-refractivity contribution < 1.29 is 13.9 Å². The molecule has 2 heterocycles. The molecule has 0 atom stereocenters. The van der Waals surface area contributed by atoms with Crippen LogP contribution in [0.3, 0.4) is 0 Å². The third-order valence-corrected chi connectivity index (χ3v) is 5.24. The number of nitrogens with zero attached hydrogens (tertiary/aromatic N) is 3. The van der Waals surface area contributed by atoms with Gasteiger partial charge in [0.05, 0.1) is 11.4 Å². The smallest absolute Gasteiger partial charge is 0.324 e. The van der Waals surface area contributed by atoms with Crippen molar-refractivity contribution in [2.75, 3.05) is 0 Å². The number of halogens is 1. The Hall–Kier alpha value is -4.07. The maximum Gasteiger partial charge on any atom is 0.324 e. The lowest BCUT2D eigenvalue weighted by Gasteiger charge is -2.13. The monoisotopic (exact) mass is 430 g/mol. The van der Waals surface area contributed by atoms with E-state index in [1.807, 2.05) is 0 Å². The molecule has 2 aromatic heterocycles. The van der Waals surface area contributed by atoms with Crippen molar-refractivity contribution in [3.8, 4) is 17.4 Å². The van der Waals surface area contributed by atoms with Gasteiger partial charge in [-0.1, -0.05) is 0 Å². The van der Waals surface area contributed by atoms with Crippen LogP contribution in [0.1, 0.15) is 28.9 Å². The number of ether oxygens (including phenoxy) is 1. The van der Waals surface area contributed by atoms with Crippen LogP contribution in [-0.4, -0.2) is 26.5 Å². The Balaban J connectivity index is 1.55. The largest absolute Gasteiger partial charge is 0.424 e. The average molecular weight is 430 g/mol. The lowest BCUT2D eigenvalue weighted by Crippen LogP contribution is -2.25. The van der Waals surface area contributed by atoms with Gasteiger partial charge in [-0.25, -0.2) is 4.39 Å². The summed E-state index contributed by atoms with van der Waals surface area (Å²) in [6, 6.07) is 15.7. The Morgan fingerprint density at radius 2 is 1.75 bits per heavy atom. The van der Waals surface area contributed by atoms with Crippen molar-refractivity contribution in [1.82, 2.24) is 19.9 Å². The summed E-state index contributed by atoms with van der Waals surface area (Å²) in [5, 5.41) is 3.63. The van der Waals surface area contributed by atoms with Gasteiger partial charge < -0.3 is 10.1 Å². The van der Waals surface area contributed by atoms with Crippen molar-refractivity contribution in [2.24, 2.45) is 0 Å². The summed E-state index contributed by atoms with van der Waals surface area (Å²) in [4.78, 5) is 33.8. The number of nitrogens with one attached hydrogen (secondary N) is 1. The van der Waals surface area contributed by atoms with E-state index >= 15 is 0 Å². The number of carbonyl (C=O) groups excluding carboxylic acids is 1. The second-order valence-corrected chi connectivity index (χ2v) is 7.69. The van der Waals surface area contributed by atoms with Gasteiger partial charge in [-0.15, -0.1) is 0 Å². The van der Waals surface area contributed by atoms with E-state index in [0.717, 1.165) is 12.8 Å². The molecular weight excluding hydrogens is 411 g/mol. The third kappa shape index (κ3) is 3.94. The molecule has 0 bridgehead atoms. The molecule has 0 unspecified atom stereocenters. The molecule has 2 aromatic carbocycles. The van der Waals surface area contributed by atoms with Crippen molar-refractivity contribution in [2.45, 2.75) is 25.8 Å². The Morgan fingerprint density at radius 1 is 1.03 bits per heavy atom. The predicted octanol–water partition coefficient (Wildman–Crippen LogP) is 3.91. The van der Waals surface area contributed by atoms with Crippen LogP contribution in [0.5, 0.6) is 11.8 Å². The number of pyridine rings is 1. The van der Waals surface area contributed by atoms with Crippen molar-refractivity contribution in [3.63, 3.8) is 0 Å². The molecule has 1 amide bonds. The van der Waals surface area contributed by atoms with Gasteiger partial charge in [0.25, 0.3) is 11.5 Å². The van der Waals surface area contributed by atoms with Gasteiger partial charge in [0, 0.05) is 23.1 Å². The molecule has 7 nitrogen and oxygen atoms in total. The van der Waals surface area contributed by atoms with Gasteiger partial charge in [0.15, 0.2) is 5.65 Å². The van der Waals surface area contributed by atoms with Crippen molar-refractivity contribution in [3.05, 3.63) is 88.1 Å². The van der Waals surface area contributed by atoms with Crippen LogP contribution in [0, 0.1) is 12.7 Å². The fourth-order valence-corrected chi connectivity index (χ4v) is 3.40. The highest BCUT2D eigenvalue weighted by atomic mass is 19.1. The highest BCUT2D eigenvalue weighted by Crippen LogP contribution is 2.24. The van der Waals surface area contributed by atoms with Gasteiger partial charge in [0.1, 0.15) is 11.6 Å². The lowest BCUT2D eigenvalue weighted by atomic mass is 10.1. The molecule has 1 fully saturated rings. The van der Waals surface area contributed by atoms with E-state index in [2.05, 4.69) is 15.3 Å². The van der Waals surface area contributed by atoms with Crippen molar-refractivity contribution >= 4 is 16.9 Å². The first-order valence-electron chi connectivity index (χ1n) is 10.2. The standard InChI is InChI=1S/C24H19FN4O3/c1-14-20-12-13-21(30)29(18-8-2-15(3-9-18)23(31)27-17-6-7-17)22(20)28-24(26-14)32-19-10-4-16(25)5-11-19/h2-5,8-13,17H,6-7H2,1H3,(H,27,31). The number of fused-ring (bicyclic) bond motifs is 1. The number of amides is 1. The number of hydrogen-bond donors (Lipinski definition) is 1. The van der Waals surface area contributed by atoms with Gasteiger partial charge in [-0.3, -0.25) is 14.2 Å².